The third kappa shape index (κ3) is 4.56. The average Bonchev–Trinajstić information content (AvgIpc) is 2.63. The van der Waals surface area contributed by atoms with E-state index in [0.717, 1.165) is 5.50 Å². The molecule has 2 aromatic rings. The molecule has 2 rings (SSSR count). The summed E-state index contributed by atoms with van der Waals surface area (Å²) in [7, 11) is 5.10. The molecule has 0 fully saturated rings. The van der Waals surface area contributed by atoms with Crippen LogP contribution in [0.25, 0.3) is 0 Å². The maximum absolute atomic E-state index is 4.80. The lowest BCUT2D eigenvalue weighted by atomic mass is 10.2. The summed E-state index contributed by atoms with van der Waals surface area (Å²) in [5.41, 5.74) is 2.20. The standard InChI is InChI=1S/C7H9P.C4H5OP/c1-6-2-4-7(8)5-3-6;6-4-2-1-3-5-4/h2-5H,8H2,1H3;1-3H,6H2. The summed E-state index contributed by atoms with van der Waals surface area (Å²) in [6.07, 6.45) is 1.64. The molecule has 1 nitrogen and oxygen atoms in total. The molecule has 1 heterocycles. The van der Waals surface area contributed by atoms with Crippen LogP contribution in [0.1, 0.15) is 5.56 Å². The Balaban J connectivity index is 0.000000146. The first-order chi connectivity index (χ1) is 6.68. The summed E-state index contributed by atoms with van der Waals surface area (Å²) in [4.78, 5) is 0. The molecule has 74 valence electrons. The lowest BCUT2D eigenvalue weighted by Crippen LogP contribution is -1.85. The van der Waals surface area contributed by atoms with E-state index in [1.807, 2.05) is 12.1 Å². The summed E-state index contributed by atoms with van der Waals surface area (Å²) < 4.78 is 4.80. The lowest BCUT2D eigenvalue weighted by Gasteiger charge is -1.89. The van der Waals surface area contributed by atoms with E-state index in [-0.39, 0.29) is 0 Å². The van der Waals surface area contributed by atoms with Crippen molar-refractivity contribution in [2.45, 2.75) is 6.92 Å². The van der Waals surface area contributed by atoms with Gasteiger partial charge in [0.25, 0.3) is 0 Å². The van der Waals surface area contributed by atoms with Crippen LogP contribution in [0.2, 0.25) is 0 Å². The molecule has 1 aromatic heterocycles. The van der Waals surface area contributed by atoms with Gasteiger partial charge in [-0.25, -0.2) is 0 Å². The Morgan fingerprint density at radius 3 is 1.93 bits per heavy atom. The zero-order valence-corrected chi connectivity index (χ0v) is 10.4. The molecule has 14 heavy (non-hydrogen) atoms. The maximum Gasteiger partial charge on any atom is 0.119 e. The summed E-state index contributed by atoms with van der Waals surface area (Å²) in [6.45, 7) is 2.09. The predicted octanol–water partition coefficient (Wildman–Crippen LogP) is 2.28. The van der Waals surface area contributed by atoms with Crippen molar-refractivity contribution >= 4 is 29.3 Å². The third-order valence-corrected chi connectivity index (χ3v) is 2.33. The zero-order valence-electron chi connectivity index (χ0n) is 8.10. The first-order valence-electron chi connectivity index (χ1n) is 4.29. The molecule has 2 atom stereocenters. The minimum atomic E-state index is 0.884. The second-order valence-corrected chi connectivity index (χ2v) is 4.16. The van der Waals surface area contributed by atoms with E-state index in [1.165, 1.54) is 10.9 Å². The Hall–Kier alpha value is -0.640. The van der Waals surface area contributed by atoms with Crippen molar-refractivity contribution in [3.8, 4) is 0 Å². The molecular weight excluding hydrogens is 210 g/mol. The highest BCUT2D eigenvalue weighted by molar-refractivity contribution is 7.27. The summed E-state index contributed by atoms with van der Waals surface area (Å²) >= 11 is 0. The third-order valence-electron chi connectivity index (χ3n) is 1.62. The summed E-state index contributed by atoms with van der Waals surface area (Å²) in [6, 6.07) is 12.1. The molecule has 0 spiro atoms. The molecule has 0 aliphatic heterocycles. The number of aryl methyl sites for hydroxylation is 1. The van der Waals surface area contributed by atoms with Gasteiger partial charge < -0.3 is 4.42 Å². The van der Waals surface area contributed by atoms with Crippen LogP contribution in [0, 0.1) is 6.92 Å². The van der Waals surface area contributed by atoms with E-state index in [0.29, 0.717) is 0 Å². The van der Waals surface area contributed by atoms with Crippen molar-refractivity contribution in [3.05, 3.63) is 48.2 Å². The van der Waals surface area contributed by atoms with Crippen LogP contribution in [-0.4, -0.2) is 0 Å². The van der Waals surface area contributed by atoms with Crippen LogP contribution in [0.15, 0.2) is 47.1 Å². The van der Waals surface area contributed by atoms with E-state index >= 15 is 0 Å². The Bertz CT molecular complexity index is 330. The van der Waals surface area contributed by atoms with Crippen molar-refractivity contribution < 1.29 is 4.42 Å². The van der Waals surface area contributed by atoms with Gasteiger partial charge in [-0.05, 0) is 24.4 Å². The van der Waals surface area contributed by atoms with Gasteiger partial charge in [0.1, 0.15) is 5.50 Å². The van der Waals surface area contributed by atoms with Crippen molar-refractivity contribution in [2.75, 3.05) is 0 Å². The number of hydrogen-bond donors (Lipinski definition) is 0. The first-order valence-corrected chi connectivity index (χ1v) is 5.45. The Morgan fingerprint density at radius 2 is 1.64 bits per heavy atom. The van der Waals surface area contributed by atoms with Crippen LogP contribution >= 0.6 is 18.5 Å². The smallest absolute Gasteiger partial charge is 0.119 e. The Kier molecular flexibility index (Phi) is 4.87. The van der Waals surface area contributed by atoms with Crippen molar-refractivity contribution in [1.82, 2.24) is 0 Å². The van der Waals surface area contributed by atoms with Gasteiger partial charge in [0.2, 0.25) is 0 Å². The molecule has 1 aromatic carbocycles. The normalized spacial score (nSPS) is 9.07. The van der Waals surface area contributed by atoms with Gasteiger partial charge in [-0.15, -0.1) is 9.24 Å². The first kappa shape index (κ1) is 11.4. The fourth-order valence-corrected chi connectivity index (χ4v) is 1.24. The van der Waals surface area contributed by atoms with Gasteiger partial charge in [-0.1, -0.05) is 39.1 Å². The fraction of sp³-hybridized carbons (Fsp3) is 0.0909. The number of hydrogen-bond acceptors (Lipinski definition) is 1. The monoisotopic (exact) mass is 224 g/mol. The van der Waals surface area contributed by atoms with Crippen molar-refractivity contribution in [1.29, 1.82) is 0 Å². The molecule has 3 heteroatoms. The maximum atomic E-state index is 4.80. The molecule has 0 aliphatic rings. The van der Waals surface area contributed by atoms with Crippen LogP contribution in [0.3, 0.4) is 0 Å². The van der Waals surface area contributed by atoms with E-state index in [2.05, 4.69) is 49.7 Å². The Morgan fingerprint density at radius 1 is 1.00 bits per heavy atom. The molecular formula is C11H14OP2. The number of furan rings is 1. The van der Waals surface area contributed by atoms with Gasteiger partial charge in [0, 0.05) is 0 Å². The van der Waals surface area contributed by atoms with Gasteiger partial charge in [-0.3, -0.25) is 0 Å². The molecule has 0 saturated carbocycles. The molecule has 0 amide bonds. The van der Waals surface area contributed by atoms with E-state index < -0.39 is 0 Å². The number of rotatable bonds is 0. The SMILES string of the molecule is Cc1ccc(P)cc1.Pc1ccco1. The molecule has 0 saturated heterocycles. The van der Waals surface area contributed by atoms with E-state index in [4.69, 9.17) is 4.42 Å². The average molecular weight is 224 g/mol. The lowest BCUT2D eigenvalue weighted by molar-refractivity contribution is 0.604. The largest absolute Gasteiger partial charge is 0.465 e. The fourth-order valence-electron chi connectivity index (χ4n) is 0.858. The second-order valence-electron chi connectivity index (χ2n) is 2.93. The molecule has 2 unspecified atom stereocenters. The molecule has 0 aliphatic carbocycles. The van der Waals surface area contributed by atoms with Crippen LogP contribution < -0.4 is 10.8 Å². The topological polar surface area (TPSA) is 13.1 Å². The number of benzene rings is 1. The van der Waals surface area contributed by atoms with Crippen molar-refractivity contribution in [3.63, 3.8) is 0 Å². The molecule has 0 radical (unpaired) electrons. The summed E-state index contributed by atoms with van der Waals surface area (Å²) in [5.74, 6) is 0. The highest BCUT2D eigenvalue weighted by Crippen LogP contribution is 1.94. The van der Waals surface area contributed by atoms with Crippen molar-refractivity contribution in [2.24, 2.45) is 0 Å². The minimum absolute atomic E-state index is 0.884. The van der Waals surface area contributed by atoms with Crippen LogP contribution in [-0.2, 0) is 0 Å². The van der Waals surface area contributed by atoms with Crippen LogP contribution in [0.4, 0.5) is 0 Å². The highest BCUT2D eigenvalue weighted by Gasteiger charge is 1.80. The van der Waals surface area contributed by atoms with E-state index in [9.17, 15) is 0 Å². The van der Waals surface area contributed by atoms with Gasteiger partial charge in [0.15, 0.2) is 0 Å². The summed E-state index contributed by atoms with van der Waals surface area (Å²) in [5, 5.41) is 1.25. The quantitative estimate of drug-likeness (QED) is 0.626. The molecule has 0 N–H and O–H groups in total. The van der Waals surface area contributed by atoms with Gasteiger partial charge in [-0.2, -0.15) is 0 Å². The molecule has 0 bridgehead atoms. The predicted molar refractivity (Wildman–Crippen MR) is 68.6 cm³/mol. The zero-order chi connectivity index (χ0) is 10.4. The van der Waals surface area contributed by atoms with Gasteiger partial charge in [0.05, 0.1) is 6.26 Å². The highest BCUT2D eigenvalue weighted by atomic mass is 31.0. The van der Waals surface area contributed by atoms with Crippen LogP contribution in [0.5, 0.6) is 0 Å². The minimum Gasteiger partial charge on any atom is -0.465 e. The second kappa shape index (κ2) is 5.96. The van der Waals surface area contributed by atoms with Gasteiger partial charge >= 0.3 is 0 Å². The van der Waals surface area contributed by atoms with E-state index in [1.54, 1.807) is 6.26 Å². The Labute approximate surface area is 89.3 Å².